The first-order valence-electron chi connectivity index (χ1n) is 7.44. The fraction of sp³-hybridized carbons (Fsp3) is 0.0500. The lowest BCUT2D eigenvalue weighted by Gasteiger charge is -2.04. The Balaban J connectivity index is 2.07. The quantitative estimate of drug-likeness (QED) is 0.291. The molecule has 116 valence electrons. The highest BCUT2D eigenvalue weighted by atomic mass is 16.6. The minimum atomic E-state index is -0.408. The monoisotopic (exact) mass is 314 g/mol. The van der Waals surface area contributed by atoms with Crippen molar-refractivity contribution < 1.29 is 4.92 Å². The molecule has 0 saturated heterocycles. The third kappa shape index (κ3) is 3.01. The van der Waals surface area contributed by atoms with Gasteiger partial charge in [-0.2, -0.15) is 5.26 Å². The highest BCUT2D eigenvalue weighted by Crippen LogP contribution is 2.25. The SMILES string of the molecule is Cc1ccc(/C=C(/C#N)c2ccc3ccccc3c2)cc1[N+](=O)[O-]. The van der Waals surface area contributed by atoms with Crippen molar-refractivity contribution in [2.45, 2.75) is 6.92 Å². The minimum Gasteiger partial charge on any atom is -0.258 e. The van der Waals surface area contributed by atoms with Gasteiger partial charge in [-0.1, -0.05) is 48.5 Å². The highest BCUT2D eigenvalue weighted by Gasteiger charge is 2.11. The van der Waals surface area contributed by atoms with E-state index in [1.165, 1.54) is 6.07 Å². The second-order valence-electron chi connectivity index (χ2n) is 5.53. The molecular formula is C20H14N2O2. The maximum atomic E-state index is 11.1. The van der Waals surface area contributed by atoms with Gasteiger partial charge in [0.25, 0.3) is 5.69 Å². The molecule has 0 saturated carbocycles. The maximum absolute atomic E-state index is 11.1. The lowest BCUT2D eigenvalue weighted by atomic mass is 9.99. The summed E-state index contributed by atoms with van der Waals surface area (Å²) < 4.78 is 0. The van der Waals surface area contributed by atoms with E-state index in [0.717, 1.165) is 16.3 Å². The van der Waals surface area contributed by atoms with Crippen molar-refractivity contribution in [3.63, 3.8) is 0 Å². The smallest absolute Gasteiger partial charge is 0.258 e. The first-order chi connectivity index (χ1) is 11.6. The Morgan fingerprint density at radius 1 is 1.08 bits per heavy atom. The number of fused-ring (bicyclic) bond motifs is 1. The Morgan fingerprint density at radius 3 is 2.54 bits per heavy atom. The van der Waals surface area contributed by atoms with Crippen LogP contribution in [0.15, 0.2) is 60.7 Å². The average Bonchev–Trinajstić information content (AvgIpc) is 2.60. The average molecular weight is 314 g/mol. The Bertz CT molecular complexity index is 1010. The summed E-state index contributed by atoms with van der Waals surface area (Å²) in [6, 6.07) is 20.9. The predicted octanol–water partition coefficient (Wildman–Crippen LogP) is 5.12. The van der Waals surface area contributed by atoms with Crippen LogP contribution in [-0.4, -0.2) is 4.92 Å². The minimum absolute atomic E-state index is 0.0551. The fourth-order valence-corrected chi connectivity index (χ4v) is 2.62. The van der Waals surface area contributed by atoms with Gasteiger partial charge in [0.2, 0.25) is 0 Å². The summed E-state index contributed by atoms with van der Waals surface area (Å²) in [6.07, 6.45) is 1.68. The van der Waals surface area contributed by atoms with Crippen molar-refractivity contribution in [3.05, 3.63) is 87.5 Å². The lowest BCUT2D eigenvalue weighted by Crippen LogP contribution is -1.92. The summed E-state index contributed by atoms with van der Waals surface area (Å²) in [5, 5.41) is 22.7. The molecule has 3 rings (SSSR count). The Kier molecular flexibility index (Phi) is 4.09. The topological polar surface area (TPSA) is 66.9 Å². The number of hydrogen-bond acceptors (Lipinski definition) is 3. The molecule has 0 atom stereocenters. The fourth-order valence-electron chi connectivity index (χ4n) is 2.62. The summed E-state index contributed by atoms with van der Waals surface area (Å²) in [4.78, 5) is 10.7. The maximum Gasteiger partial charge on any atom is 0.272 e. The van der Waals surface area contributed by atoms with Gasteiger partial charge in [0.05, 0.1) is 16.6 Å². The van der Waals surface area contributed by atoms with Crippen LogP contribution in [0.2, 0.25) is 0 Å². The van der Waals surface area contributed by atoms with Crippen molar-refractivity contribution in [2.75, 3.05) is 0 Å². The molecule has 0 aliphatic rings. The van der Waals surface area contributed by atoms with Crippen LogP contribution in [0.5, 0.6) is 0 Å². The molecule has 0 amide bonds. The number of hydrogen-bond donors (Lipinski definition) is 0. The van der Waals surface area contributed by atoms with Gasteiger partial charge in [0.1, 0.15) is 0 Å². The van der Waals surface area contributed by atoms with E-state index in [0.29, 0.717) is 16.7 Å². The van der Waals surface area contributed by atoms with Gasteiger partial charge in [-0.3, -0.25) is 10.1 Å². The summed E-state index contributed by atoms with van der Waals surface area (Å²) in [5.74, 6) is 0. The van der Waals surface area contributed by atoms with E-state index < -0.39 is 4.92 Å². The number of nitro benzene ring substituents is 1. The molecule has 0 heterocycles. The van der Waals surface area contributed by atoms with Crippen molar-refractivity contribution in [2.24, 2.45) is 0 Å². The van der Waals surface area contributed by atoms with E-state index in [1.807, 2.05) is 42.5 Å². The summed E-state index contributed by atoms with van der Waals surface area (Å²) in [7, 11) is 0. The van der Waals surface area contributed by atoms with Gasteiger partial charge in [-0.15, -0.1) is 0 Å². The Labute approximate surface area is 139 Å². The molecule has 0 fully saturated rings. The van der Waals surface area contributed by atoms with Crippen LogP contribution in [0, 0.1) is 28.4 Å². The van der Waals surface area contributed by atoms with Crippen molar-refractivity contribution in [1.29, 1.82) is 5.26 Å². The Morgan fingerprint density at radius 2 is 1.83 bits per heavy atom. The molecule has 0 spiro atoms. The molecule has 0 N–H and O–H groups in total. The van der Waals surface area contributed by atoms with Gasteiger partial charge in [0, 0.05) is 11.6 Å². The zero-order valence-corrected chi connectivity index (χ0v) is 13.1. The first-order valence-corrected chi connectivity index (χ1v) is 7.44. The second-order valence-corrected chi connectivity index (χ2v) is 5.53. The van der Waals surface area contributed by atoms with Gasteiger partial charge >= 0.3 is 0 Å². The van der Waals surface area contributed by atoms with Gasteiger partial charge in [0.15, 0.2) is 0 Å². The third-order valence-corrected chi connectivity index (χ3v) is 3.92. The largest absolute Gasteiger partial charge is 0.272 e. The number of benzene rings is 3. The van der Waals surface area contributed by atoms with Crippen LogP contribution in [0.4, 0.5) is 5.69 Å². The number of rotatable bonds is 3. The second kappa shape index (κ2) is 6.35. The van der Waals surface area contributed by atoms with Crippen molar-refractivity contribution >= 4 is 28.1 Å². The highest BCUT2D eigenvalue weighted by molar-refractivity contribution is 5.94. The molecule has 3 aromatic carbocycles. The molecule has 0 radical (unpaired) electrons. The van der Waals surface area contributed by atoms with E-state index in [9.17, 15) is 15.4 Å². The summed E-state index contributed by atoms with van der Waals surface area (Å²) in [6.45, 7) is 1.69. The van der Waals surface area contributed by atoms with Gasteiger partial charge in [-0.25, -0.2) is 0 Å². The molecule has 4 nitrogen and oxygen atoms in total. The van der Waals surface area contributed by atoms with Crippen LogP contribution >= 0.6 is 0 Å². The summed E-state index contributed by atoms with van der Waals surface area (Å²) in [5.41, 5.74) is 2.55. The number of nitro groups is 1. The van der Waals surface area contributed by atoms with Gasteiger partial charge < -0.3 is 0 Å². The van der Waals surface area contributed by atoms with Crippen LogP contribution in [-0.2, 0) is 0 Å². The predicted molar refractivity (Wildman–Crippen MR) is 95.3 cm³/mol. The van der Waals surface area contributed by atoms with Crippen LogP contribution in [0.1, 0.15) is 16.7 Å². The molecule has 0 aliphatic heterocycles. The van der Waals surface area contributed by atoms with E-state index >= 15 is 0 Å². The van der Waals surface area contributed by atoms with E-state index in [-0.39, 0.29) is 5.69 Å². The van der Waals surface area contributed by atoms with E-state index in [4.69, 9.17) is 0 Å². The zero-order chi connectivity index (χ0) is 17.1. The van der Waals surface area contributed by atoms with Crippen LogP contribution in [0.25, 0.3) is 22.4 Å². The molecule has 4 heteroatoms. The molecule has 0 bridgehead atoms. The normalized spacial score (nSPS) is 11.2. The number of aryl methyl sites for hydroxylation is 1. The molecule has 0 aromatic heterocycles. The van der Waals surface area contributed by atoms with E-state index in [2.05, 4.69) is 6.07 Å². The number of nitriles is 1. The van der Waals surface area contributed by atoms with Crippen LogP contribution < -0.4 is 0 Å². The Hall–Kier alpha value is -3.45. The summed E-state index contributed by atoms with van der Waals surface area (Å²) >= 11 is 0. The van der Waals surface area contributed by atoms with Crippen molar-refractivity contribution in [3.8, 4) is 6.07 Å². The van der Waals surface area contributed by atoms with Gasteiger partial charge in [-0.05, 0) is 41.0 Å². The zero-order valence-electron chi connectivity index (χ0n) is 13.1. The number of allylic oxidation sites excluding steroid dienone is 1. The molecule has 24 heavy (non-hydrogen) atoms. The standard InChI is InChI=1S/C20H14N2O2/c1-14-6-7-15(11-20(14)22(23)24)10-19(13-21)18-9-8-16-4-2-3-5-17(16)12-18/h2-12H,1H3/b19-10-. The lowest BCUT2D eigenvalue weighted by molar-refractivity contribution is -0.385. The first kappa shape index (κ1) is 15.4. The molecule has 0 unspecified atom stereocenters. The molecule has 3 aromatic rings. The molecule has 0 aliphatic carbocycles. The molecular weight excluding hydrogens is 300 g/mol. The third-order valence-electron chi connectivity index (χ3n) is 3.92. The van der Waals surface area contributed by atoms with Crippen molar-refractivity contribution in [1.82, 2.24) is 0 Å². The number of nitrogens with zero attached hydrogens (tertiary/aromatic N) is 2. The van der Waals surface area contributed by atoms with Crippen LogP contribution in [0.3, 0.4) is 0 Å². The van der Waals surface area contributed by atoms with E-state index in [1.54, 1.807) is 25.1 Å².